The summed E-state index contributed by atoms with van der Waals surface area (Å²) in [4.78, 5) is 47.4. The molecule has 2 N–H and O–H groups in total. The van der Waals surface area contributed by atoms with Gasteiger partial charge in [-0.2, -0.15) is 0 Å². The fourth-order valence-corrected chi connectivity index (χ4v) is 2.93. The van der Waals surface area contributed by atoms with Gasteiger partial charge in [0.2, 0.25) is 5.91 Å². The second kappa shape index (κ2) is 7.29. The molecule has 9 heteroatoms. The SMILES string of the molecule is CC(NC(=O)c1cccc([N+](=O)[O-])c1)C(=O)N1CCC(C(=O)O)C1C. The highest BCUT2D eigenvalue weighted by atomic mass is 16.6. The molecule has 0 aliphatic carbocycles. The van der Waals surface area contributed by atoms with E-state index in [1.807, 2.05) is 0 Å². The summed E-state index contributed by atoms with van der Waals surface area (Å²) in [6, 6.07) is 3.87. The van der Waals surface area contributed by atoms with E-state index in [0.717, 1.165) is 6.07 Å². The van der Waals surface area contributed by atoms with Crippen LogP contribution in [-0.2, 0) is 9.59 Å². The van der Waals surface area contributed by atoms with Crippen molar-refractivity contribution in [2.75, 3.05) is 6.54 Å². The normalized spacial score (nSPS) is 20.8. The van der Waals surface area contributed by atoms with E-state index in [9.17, 15) is 24.5 Å². The Morgan fingerprint density at radius 3 is 2.64 bits per heavy atom. The van der Waals surface area contributed by atoms with Crippen LogP contribution >= 0.6 is 0 Å². The van der Waals surface area contributed by atoms with Gasteiger partial charge in [-0.3, -0.25) is 24.5 Å². The molecule has 9 nitrogen and oxygen atoms in total. The van der Waals surface area contributed by atoms with E-state index in [4.69, 9.17) is 5.11 Å². The van der Waals surface area contributed by atoms with Crippen LogP contribution in [0.5, 0.6) is 0 Å². The van der Waals surface area contributed by atoms with Crippen molar-refractivity contribution < 1.29 is 24.4 Å². The van der Waals surface area contributed by atoms with Crippen molar-refractivity contribution >= 4 is 23.5 Å². The number of hydrogen-bond acceptors (Lipinski definition) is 5. The molecular weight excluding hydrogens is 330 g/mol. The Balaban J connectivity index is 2.04. The van der Waals surface area contributed by atoms with Crippen LogP contribution in [-0.4, -0.2) is 51.3 Å². The predicted molar refractivity (Wildman–Crippen MR) is 86.9 cm³/mol. The molecule has 0 saturated carbocycles. The molecule has 134 valence electrons. The number of rotatable bonds is 5. The zero-order valence-corrected chi connectivity index (χ0v) is 13.8. The Bertz CT molecular complexity index is 720. The molecule has 25 heavy (non-hydrogen) atoms. The zero-order valence-electron chi connectivity index (χ0n) is 13.8. The highest BCUT2D eigenvalue weighted by Gasteiger charge is 2.39. The van der Waals surface area contributed by atoms with Crippen molar-refractivity contribution in [2.24, 2.45) is 5.92 Å². The van der Waals surface area contributed by atoms with E-state index in [-0.39, 0.29) is 17.2 Å². The summed E-state index contributed by atoms with van der Waals surface area (Å²) < 4.78 is 0. The van der Waals surface area contributed by atoms with E-state index in [1.54, 1.807) is 6.92 Å². The summed E-state index contributed by atoms with van der Waals surface area (Å²) in [6.45, 7) is 3.48. The number of carbonyl (C=O) groups excluding carboxylic acids is 2. The van der Waals surface area contributed by atoms with Crippen LogP contribution < -0.4 is 5.32 Å². The highest BCUT2D eigenvalue weighted by Crippen LogP contribution is 2.25. The van der Waals surface area contributed by atoms with E-state index in [1.165, 1.54) is 30.0 Å². The molecule has 0 spiro atoms. The summed E-state index contributed by atoms with van der Waals surface area (Å²) in [6.07, 6.45) is 0.369. The topological polar surface area (TPSA) is 130 Å². The zero-order chi connectivity index (χ0) is 18.7. The number of aliphatic carboxylic acids is 1. The minimum atomic E-state index is -0.948. The quantitative estimate of drug-likeness (QED) is 0.603. The number of carboxylic acids is 1. The van der Waals surface area contributed by atoms with Gasteiger partial charge in [-0.15, -0.1) is 0 Å². The van der Waals surface area contributed by atoms with Crippen LogP contribution in [0.25, 0.3) is 0 Å². The summed E-state index contributed by atoms with van der Waals surface area (Å²) in [5, 5.41) is 22.4. The number of benzene rings is 1. The van der Waals surface area contributed by atoms with Crippen LogP contribution in [0.15, 0.2) is 24.3 Å². The number of likely N-dealkylation sites (tertiary alicyclic amines) is 1. The van der Waals surface area contributed by atoms with Gasteiger partial charge in [0, 0.05) is 30.3 Å². The Labute approximate surface area is 143 Å². The summed E-state index contributed by atoms with van der Waals surface area (Å²) in [5.41, 5.74) is -0.143. The molecule has 1 saturated heterocycles. The number of nitrogens with zero attached hydrogens (tertiary/aromatic N) is 2. The molecule has 1 aliphatic rings. The van der Waals surface area contributed by atoms with Crippen molar-refractivity contribution in [3.63, 3.8) is 0 Å². The van der Waals surface area contributed by atoms with Gasteiger partial charge in [0.05, 0.1) is 10.8 Å². The molecule has 1 aromatic carbocycles. The minimum Gasteiger partial charge on any atom is -0.481 e. The number of nitro groups is 1. The first-order valence-electron chi connectivity index (χ1n) is 7.81. The maximum atomic E-state index is 12.5. The van der Waals surface area contributed by atoms with Crippen LogP contribution in [0, 0.1) is 16.0 Å². The first kappa shape index (κ1) is 18.4. The molecule has 3 unspecified atom stereocenters. The molecular formula is C16H19N3O6. The molecule has 1 fully saturated rings. The monoisotopic (exact) mass is 349 g/mol. The van der Waals surface area contributed by atoms with Gasteiger partial charge in [-0.1, -0.05) is 6.07 Å². The maximum Gasteiger partial charge on any atom is 0.308 e. The number of non-ortho nitro benzene ring substituents is 1. The minimum absolute atomic E-state index is 0.0757. The predicted octanol–water partition coefficient (Wildman–Crippen LogP) is 1.03. The first-order valence-corrected chi connectivity index (χ1v) is 7.81. The third-order valence-corrected chi connectivity index (χ3v) is 4.39. The number of amides is 2. The Kier molecular flexibility index (Phi) is 5.35. The van der Waals surface area contributed by atoms with Crippen molar-refractivity contribution in [1.82, 2.24) is 10.2 Å². The number of carbonyl (C=O) groups is 3. The Hall–Kier alpha value is -2.97. The molecule has 1 heterocycles. The largest absolute Gasteiger partial charge is 0.481 e. The number of nitrogens with one attached hydrogen (secondary N) is 1. The molecule has 2 rings (SSSR count). The Morgan fingerprint density at radius 2 is 2.08 bits per heavy atom. The summed E-state index contributed by atoms with van der Waals surface area (Å²) >= 11 is 0. The van der Waals surface area contributed by atoms with Crippen LogP contribution in [0.3, 0.4) is 0 Å². The average Bonchev–Trinajstić information content (AvgIpc) is 2.95. The van der Waals surface area contributed by atoms with Crippen molar-refractivity contribution in [3.8, 4) is 0 Å². The van der Waals surface area contributed by atoms with Gasteiger partial charge < -0.3 is 15.3 Å². The molecule has 0 aromatic heterocycles. The summed E-state index contributed by atoms with van der Waals surface area (Å²) in [5.74, 6) is -2.55. The van der Waals surface area contributed by atoms with Crippen LogP contribution in [0.4, 0.5) is 5.69 Å². The van der Waals surface area contributed by atoms with E-state index in [0.29, 0.717) is 13.0 Å². The molecule has 3 atom stereocenters. The van der Waals surface area contributed by atoms with Gasteiger partial charge in [-0.25, -0.2) is 0 Å². The molecule has 0 bridgehead atoms. The molecule has 1 aliphatic heterocycles. The summed E-state index contributed by atoms with van der Waals surface area (Å²) in [7, 11) is 0. The number of nitro benzene ring substituents is 1. The fraction of sp³-hybridized carbons (Fsp3) is 0.438. The van der Waals surface area contributed by atoms with Crippen molar-refractivity contribution in [3.05, 3.63) is 39.9 Å². The lowest BCUT2D eigenvalue weighted by Crippen LogP contribution is -2.49. The standard InChI is InChI=1S/C16H19N3O6/c1-9(15(21)18-7-6-13(10(18)2)16(22)23)17-14(20)11-4-3-5-12(8-11)19(24)25/h3-5,8-10,13H,6-7H2,1-2H3,(H,17,20)(H,22,23). The number of hydrogen-bond donors (Lipinski definition) is 2. The van der Waals surface area contributed by atoms with Gasteiger partial charge in [0.15, 0.2) is 0 Å². The lowest BCUT2D eigenvalue weighted by Gasteiger charge is -2.26. The number of carboxylic acid groups (broad SMARTS) is 1. The van der Waals surface area contributed by atoms with Gasteiger partial charge >= 0.3 is 5.97 Å². The smallest absolute Gasteiger partial charge is 0.308 e. The van der Waals surface area contributed by atoms with Crippen LogP contribution in [0.2, 0.25) is 0 Å². The second-order valence-electron chi connectivity index (χ2n) is 6.01. The maximum absolute atomic E-state index is 12.5. The third-order valence-electron chi connectivity index (χ3n) is 4.39. The highest BCUT2D eigenvalue weighted by molar-refractivity contribution is 5.98. The van der Waals surface area contributed by atoms with Crippen LogP contribution in [0.1, 0.15) is 30.6 Å². The van der Waals surface area contributed by atoms with Gasteiger partial charge in [0.25, 0.3) is 11.6 Å². The molecule has 2 amide bonds. The van der Waals surface area contributed by atoms with E-state index >= 15 is 0 Å². The van der Waals surface area contributed by atoms with E-state index in [2.05, 4.69) is 5.32 Å². The van der Waals surface area contributed by atoms with E-state index < -0.39 is 34.8 Å². The average molecular weight is 349 g/mol. The Morgan fingerprint density at radius 1 is 1.40 bits per heavy atom. The van der Waals surface area contributed by atoms with Crippen molar-refractivity contribution in [2.45, 2.75) is 32.4 Å². The lowest BCUT2D eigenvalue weighted by atomic mass is 10.0. The van der Waals surface area contributed by atoms with Gasteiger partial charge in [-0.05, 0) is 26.3 Å². The third kappa shape index (κ3) is 3.93. The molecule has 0 radical (unpaired) electrons. The van der Waals surface area contributed by atoms with Gasteiger partial charge in [0.1, 0.15) is 6.04 Å². The first-order chi connectivity index (χ1) is 11.7. The van der Waals surface area contributed by atoms with Crippen molar-refractivity contribution in [1.29, 1.82) is 0 Å². The fourth-order valence-electron chi connectivity index (χ4n) is 2.93. The lowest BCUT2D eigenvalue weighted by molar-refractivity contribution is -0.384. The second-order valence-corrected chi connectivity index (χ2v) is 6.01. The molecule has 1 aromatic rings.